The van der Waals surface area contributed by atoms with Gasteiger partial charge >= 0.3 is 11.9 Å². The zero-order valence-corrected chi connectivity index (χ0v) is 16.1. The third kappa shape index (κ3) is 3.09. The van der Waals surface area contributed by atoms with Gasteiger partial charge in [0.2, 0.25) is 0 Å². The Bertz CT molecular complexity index is 643. The van der Waals surface area contributed by atoms with Crippen LogP contribution >= 0.6 is 0 Å². The topological polar surface area (TPSA) is 85.4 Å². The summed E-state index contributed by atoms with van der Waals surface area (Å²) in [4.78, 5) is 24.9. The van der Waals surface area contributed by atoms with Crippen LogP contribution in [-0.2, 0) is 23.8 Å². The molecular formula is C21H30O6. The Morgan fingerprint density at radius 1 is 0.889 bits per heavy atom. The summed E-state index contributed by atoms with van der Waals surface area (Å²) in [6, 6.07) is 0. The third-order valence-corrected chi connectivity index (χ3v) is 7.73. The van der Waals surface area contributed by atoms with E-state index in [2.05, 4.69) is 0 Å². The average molecular weight is 378 g/mol. The van der Waals surface area contributed by atoms with Crippen LogP contribution < -0.4 is 0 Å². The second kappa shape index (κ2) is 6.18. The van der Waals surface area contributed by atoms with E-state index in [-0.39, 0.29) is 54.9 Å². The summed E-state index contributed by atoms with van der Waals surface area (Å²) >= 11 is 0. The molecule has 6 nitrogen and oxygen atoms in total. The van der Waals surface area contributed by atoms with Crippen LogP contribution in [-0.4, -0.2) is 48.6 Å². The average Bonchev–Trinajstić information content (AvgIpc) is 2.95. The highest BCUT2D eigenvalue weighted by Crippen LogP contribution is 2.59. The van der Waals surface area contributed by atoms with Gasteiger partial charge in [-0.15, -0.1) is 0 Å². The monoisotopic (exact) mass is 378 g/mol. The molecule has 4 aliphatic carbocycles. The number of aliphatic hydroxyl groups excluding tert-OH is 1. The van der Waals surface area contributed by atoms with Crippen molar-refractivity contribution in [2.45, 2.75) is 64.3 Å². The predicted molar refractivity (Wildman–Crippen MR) is 94.4 cm³/mol. The first kappa shape index (κ1) is 17.9. The van der Waals surface area contributed by atoms with Gasteiger partial charge in [0.15, 0.2) is 0 Å². The van der Waals surface area contributed by atoms with E-state index in [0.29, 0.717) is 24.0 Å². The molecular weight excluding hydrogens is 348 g/mol. The lowest BCUT2D eigenvalue weighted by Gasteiger charge is -2.28. The normalized spacial score (nSPS) is 46.4. The van der Waals surface area contributed by atoms with Crippen molar-refractivity contribution >= 4 is 11.9 Å². The van der Waals surface area contributed by atoms with Crippen LogP contribution in [0.25, 0.3) is 0 Å². The Labute approximate surface area is 159 Å². The number of hydrogen-bond acceptors (Lipinski definition) is 6. The van der Waals surface area contributed by atoms with Gasteiger partial charge < -0.3 is 19.3 Å². The van der Waals surface area contributed by atoms with Gasteiger partial charge in [-0.2, -0.15) is 0 Å². The SMILES string of the molecule is CC(C)(COC(=O)C1CC2CC1CC2O)COC(=O)C1CC2CC1C1OC21. The molecule has 1 N–H and O–H groups in total. The van der Waals surface area contributed by atoms with Crippen LogP contribution in [0.15, 0.2) is 0 Å². The summed E-state index contributed by atoms with van der Waals surface area (Å²) in [6.45, 7) is 4.43. The zero-order valence-electron chi connectivity index (χ0n) is 16.1. The van der Waals surface area contributed by atoms with E-state index < -0.39 is 5.41 Å². The lowest BCUT2D eigenvalue weighted by Crippen LogP contribution is -2.34. The van der Waals surface area contributed by atoms with E-state index in [0.717, 1.165) is 32.1 Å². The Balaban J connectivity index is 1.07. The van der Waals surface area contributed by atoms with E-state index >= 15 is 0 Å². The van der Waals surface area contributed by atoms with Gasteiger partial charge in [0, 0.05) is 11.3 Å². The van der Waals surface area contributed by atoms with Crippen LogP contribution in [0.1, 0.15) is 46.0 Å². The largest absolute Gasteiger partial charge is 0.465 e. The Kier molecular flexibility index (Phi) is 4.10. The van der Waals surface area contributed by atoms with Gasteiger partial charge in [0.05, 0.1) is 43.4 Å². The lowest BCUT2D eigenvalue weighted by atomic mass is 9.87. The van der Waals surface area contributed by atoms with Crippen molar-refractivity contribution in [2.75, 3.05) is 13.2 Å². The second-order valence-corrected chi connectivity index (χ2v) is 10.3. The smallest absolute Gasteiger partial charge is 0.309 e. The second-order valence-electron chi connectivity index (χ2n) is 10.3. The number of ether oxygens (including phenoxy) is 3. The van der Waals surface area contributed by atoms with Crippen molar-refractivity contribution in [3.05, 3.63) is 0 Å². The third-order valence-electron chi connectivity index (χ3n) is 7.73. The number of fused-ring (bicyclic) bond motifs is 7. The fourth-order valence-corrected chi connectivity index (χ4v) is 6.20. The molecule has 0 radical (unpaired) electrons. The van der Waals surface area contributed by atoms with Crippen molar-refractivity contribution < 1.29 is 28.9 Å². The van der Waals surface area contributed by atoms with E-state index in [9.17, 15) is 14.7 Å². The molecule has 150 valence electrons. The summed E-state index contributed by atoms with van der Waals surface area (Å²) in [5, 5.41) is 9.84. The van der Waals surface area contributed by atoms with Crippen molar-refractivity contribution in [2.24, 2.45) is 40.9 Å². The van der Waals surface area contributed by atoms with Gasteiger partial charge in [-0.25, -0.2) is 0 Å². The molecule has 1 saturated heterocycles. The van der Waals surface area contributed by atoms with E-state index in [1.165, 1.54) is 0 Å². The van der Waals surface area contributed by atoms with Gasteiger partial charge in [0.1, 0.15) is 0 Å². The number of carbonyl (C=O) groups is 2. The Morgan fingerprint density at radius 3 is 2.11 bits per heavy atom. The minimum Gasteiger partial charge on any atom is -0.465 e. The van der Waals surface area contributed by atoms with Crippen molar-refractivity contribution in [1.82, 2.24) is 0 Å². The zero-order chi connectivity index (χ0) is 18.9. The van der Waals surface area contributed by atoms with Gasteiger partial charge in [0.25, 0.3) is 0 Å². The first-order valence-corrected chi connectivity index (χ1v) is 10.5. The van der Waals surface area contributed by atoms with Gasteiger partial charge in [-0.3, -0.25) is 9.59 Å². The molecule has 4 saturated carbocycles. The summed E-state index contributed by atoms with van der Waals surface area (Å²) in [7, 11) is 0. The Hall–Kier alpha value is -1.14. The molecule has 0 amide bonds. The minimum absolute atomic E-state index is 0.0161. The minimum atomic E-state index is -0.404. The maximum absolute atomic E-state index is 12.5. The fraction of sp³-hybridized carbons (Fsp3) is 0.905. The number of hydrogen-bond donors (Lipinski definition) is 1. The predicted octanol–water partition coefficient (Wildman–Crippen LogP) is 1.93. The molecule has 9 unspecified atom stereocenters. The molecule has 1 heterocycles. The molecule has 0 spiro atoms. The van der Waals surface area contributed by atoms with Crippen LogP contribution in [0, 0.1) is 40.9 Å². The highest BCUT2D eigenvalue weighted by atomic mass is 16.6. The van der Waals surface area contributed by atoms with Crippen molar-refractivity contribution in [1.29, 1.82) is 0 Å². The molecule has 0 aromatic rings. The van der Waals surface area contributed by atoms with Gasteiger partial charge in [-0.1, -0.05) is 13.8 Å². The van der Waals surface area contributed by atoms with Crippen LogP contribution in [0.3, 0.4) is 0 Å². The maximum atomic E-state index is 12.5. The number of esters is 2. The fourth-order valence-electron chi connectivity index (χ4n) is 6.20. The number of aliphatic hydroxyl groups is 1. The molecule has 9 atom stereocenters. The molecule has 0 aromatic heterocycles. The maximum Gasteiger partial charge on any atom is 0.309 e. The van der Waals surface area contributed by atoms with Crippen molar-refractivity contribution in [3.63, 3.8) is 0 Å². The quantitative estimate of drug-likeness (QED) is 0.561. The van der Waals surface area contributed by atoms with Crippen LogP contribution in [0.5, 0.6) is 0 Å². The molecule has 5 fully saturated rings. The number of rotatable bonds is 6. The molecule has 5 aliphatic rings. The highest BCUT2D eigenvalue weighted by molar-refractivity contribution is 5.74. The van der Waals surface area contributed by atoms with Crippen LogP contribution in [0.4, 0.5) is 0 Å². The highest BCUT2D eigenvalue weighted by Gasteiger charge is 2.65. The first-order chi connectivity index (χ1) is 12.8. The van der Waals surface area contributed by atoms with E-state index in [1.54, 1.807) is 0 Å². The number of carbonyl (C=O) groups excluding carboxylic acids is 2. The lowest BCUT2D eigenvalue weighted by molar-refractivity contribution is -0.159. The van der Waals surface area contributed by atoms with Crippen molar-refractivity contribution in [3.8, 4) is 0 Å². The number of epoxide rings is 1. The van der Waals surface area contributed by atoms with E-state index in [1.807, 2.05) is 13.8 Å². The van der Waals surface area contributed by atoms with Gasteiger partial charge in [-0.05, 0) is 49.9 Å². The summed E-state index contributed by atoms with van der Waals surface area (Å²) in [6.07, 6.45) is 4.89. The molecule has 27 heavy (non-hydrogen) atoms. The first-order valence-electron chi connectivity index (χ1n) is 10.5. The standard InChI is InChI=1S/C21H30O6/c1-21(2,8-25-19(23)13-4-11-3-10(13)7-16(11)22)9-26-20(24)15-6-12-5-14(15)18-17(12)27-18/h10-18,22H,3-9H2,1-2H3. The molecule has 4 bridgehead atoms. The summed E-state index contributed by atoms with van der Waals surface area (Å²) in [5.41, 5.74) is -0.404. The molecule has 5 rings (SSSR count). The molecule has 0 aromatic carbocycles. The molecule has 1 aliphatic heterocycles. The van der Waals surface area contributed by atoms with E-state index in [4.69, 9.17) is 14.2 Å². The summed E-state index contributed by atoms with van der Waals surface area (Å²) in [5.74, 6) is 1.07. The Morgan fingerprint density at radius 2 is 1.56 bits per heavy atom. The van der Waals surface area contributed by atoms with Crippen LogP contribution in [0.2, 0.25) is 0 Å². The molecule has 6 heteroatoms. The summed E-state index contributed by atoms with van der Waals surface area (Å²) < 4.78 is 16.8.